The fourth-order valence-electron chi connectivity index (χ4n) is 1.39. The van der Waals surface area contributed by atoms with Gasteiger partial charge in [-0.25, -0.2) is 5.43 Å². The Morgan fingerprint density at radius 3 is 2.95 bits per heavy atom. The minimum atomic E-state index is -0.406. The highest BCUT2D eigenvalue weighted by atomic mass is 79.9. The van der Waals surface area contributed by atoms with Gasteiger partial charge in [0.1, 0.15) is 5.75 Å². The van der Waals surface area contributed by atoms with E-state index in [0.717, 1.165) is 0 Å². The van der Waals surface area contributed by atoms with Crippen molar-refractivity contribution in [1.29, 1.82) is 0 Å². The predicted molar refractivity (Wildman–Crippen MR) is 80.1 cm³/mol. The van der Waals surface area contributed by atoms with Crippen LogP contribution in [-0.4, -0.2) is 22.2 Å². The van der Waals surface area contributed by atoms with Crippen LogP contribution in [-0.2, 0) is 0 Å². The lowest BCUT2D eigenvalue weighted by Gasteiger charge is -2.01. The van der Waals surface area contributed by atoms with Crippen LogP contribution in [0.3, 0.4) is 0 Å². The van der Waals surface area contributed by atoms with Crippen molar-refractivity contribution in [3.8, 4) is 5.75 Å². The number of pyridine rings is 1. The highest BCUT2D eigenvalue weighted by Gasteiger charge is 2.05. The highest BCUT2D eigenvalue weighted by Crippen LogP contribution is 2.19. The van der Waals surface area contributed by atoms with Crippen molar-refractivity contribution in [2.45, 2.75) is 0 Å². The summed E-state index contributed by atoms with van der Waals surface area (Å²) in [4.78, 5) is 15.6. The van der Waals surface area contributed by atoms with E-state index in [1.54, 1.807) is 18.3 Å². The van der Waals surface area contributed by atoms with E-state index in [9.17, 15) is 9.90 Å². The number of nitrogens with zero attached hydrogens (tertiary/aromatic N) is 2. The van der Waals surface area contributed by atoms with Crippen molar-refractivity contribution in [2.24, 2.45) is 5.10 Å². The largest absolute Gasteiger partial charge is 0.507 e. The summed E-state index contributed by atoms with van der Waals surface area (Å²) in [5.74, 6) is -0.381. The van der Waals surface area contributed by atoms with Crippen LogP contribution in [0.4, 0.5) is 0 Å². The van der Waals surface area contributed by atoms with E-state index in [0.29, 0.717) is 20.6 Å². The number of hydrogen-bond acceptors (Lipinski definition) is 4. The molecule has 0 aliphatic heterocycles. The van der Waals surface area contributed by atoms with Crippen molar-refractivity contribution < 1.29 is 9.90 Å². The summed E-state index contributed by atoms with van der Waals surface area (Å²) in [6, 6.07) is 6.16. The molecule has 0 radical (unpaired) electrons. The van der Waals surface area contributed by atoms with Crippen molar-refractivity contribution >= 4 is 39.7 Å². The molecule has 0 fully saturated rings. The average molecular weight is 355 g/mol. The number of aromatic nitrogens is 1. The summed E-state index contributed by atoms with van der Waals surface area (Å²) < 4.78 is 0.696. The summed E-state index contributed by atoms with van der Waals surface area (Å²) in [5, 5.41) is 13.8. The Balaban J connectivity index is 2.06. The minimum absolute atomic E-state index is 0.0246. The first-order valence-corrected chi connectivity index (χ1v) is 6.66. The number of hydrazone groups is 1. The van der Waals surface area contributed by atoms with E-state index < -0.39 is 5.91 Å². The van der Waals surface area contributed by atoms with Gasteiger partial charge >= 0.3 is 0 Å². The Labute approximate surface area is 128 Å². The molecule has 0 spiro atoms. The molecule has 0 aliphatic rings. The van der Waals surface area contributed by atoms with Gasteiger partial charge in [-0.05, 0) is 40.2 Å². The number of carbonyl (C=O) groups excluding carboxylic acids is 1. The first kappa shape index (κ1) is 14.5. The molecule has 1 aromatic heterocycles. The number of rotatable bonds is 3. The maximum atomic E-state index is 11.8. The zero-order chi connectivity index (χ0) is 14.5. The minimum Gasteiger partial charge on any atom is -0.507 e. The van der Waals surface area contributed by atoms with Crippen LogP contribution >= 0.6 is 27.5 Å². The van der Waals surface area contributed by atoms with Crippen LogP contribution in [0.15, 0.2) is 46.2 Å². The first-order valence-electron chi connectivity index (χ1n) is 5.49. The zero-order valence-electron chi connectivity index (χ0n) is 10.0. The SMILES string of the molecule is O=C(N/N=C\c1cc(Cl)ccc1O)c1cncc(Br)c1. The molecule has 0 bridgehead atoms. The number of phenols is 1. The third-order valence-corrected chi connectivity index (χ3v) is 3.00. The van der Waals surface area contributed by atoms with Gasteiger partial charge in [-0.2, -0.15) is 5.10 Å². The number of carbonyl (C=O) groups is 1. The molecule has 0 saturated heterocycles. The lowest BCUT2D eigenvalue weighted by molar-refractivity contribution is 0.0954. The smallest absolute Gasteiger partial charge is 0.272 e. The maximum Gasteiger partial charge on any atom is 0.272 e. The van der Waals surface area contributed by atoms with Gasteiger partial charge in [0.15, 0.2) is 0 Å². The quantitative estimate of drug-likeness (QED) is 0.657. The summed E-state index contributed by atoms with van der Waals surface area (Å²) in [7, 11) is 0. The second-order valence-corrected chi connectivity index (χ2v) is 5.15. The zero-order valence-corrected chi connectivity index (χ0v) is 12.4. The number of aromatic hydroxyl groups is 1. The van der Waals surface area contributed by atoms with Crippen LogP contribution in [0.25, 0.3) is 0 Å². The second-order valence-electron chi connectivity index (χ2n) is 3.79. The number of nitrogens with one attached hydrogen (secondary N) is 1. The van der Waals surface area contributed by atoms with Crippen LogP contribution in [0.1, 0.15) is 15.9 Å². The molecule has 5 nitrogen and oxygen atoms in total. The van der Waals surface area contributed by atoms with Gasteiger partial charge in [-0.1, -0.05) is 11.6 Å². The summed E-state index contributed by atoms with van der Waals surface area (Å²) in [6.07, 6.45) is 4.31. The van der Waals surface area contributed by atoms with E-state index in [-0.39, 0.29) is 5.75 Å². The molecule has 1 aromatic carbocycles. The van der Waals surface area contributed by atoms with Crippen LogP contribution in [0, 0.1) is 0 Å². The molecule has 0 atom stereocenters. The standard InChI is InChI=1S/C13H9BrClN3O2/c14-10-3-9(5-16-7-10)13(20)18-17-6-8-4-11(15)1-2-12(8)19/h1-7,19H,(H,18,20)/b17-6-. The summed E-state index contributed by atoms with van der Waals surface area (Å²) in [6.45, 7) is 0. The number of hydrogen-bond donors (Lipinski definition) is 2. The first-order chi connectivity index (χ1) is 9.56. The number of phenolic OH excluding ortho intramolecular Hbond substituents is 1. The third kappa shape index (κ3) is 3.79. The molecule has 2 N–H and O–H groups in total. The molecule has 2 rings (SSSR count). The molecule has 0 aliphatic carbocycles. The summed E-state index contributed by atoms with van der Waals surface area (Å²) >= 11 is 9.02. The second kappa shape index (κ2) is 6.49. The topological polar surface area (TPSA) is 74.6 Å². The molecular formula is C13H9BrClN3O2. The van der Waals surface area contributed by atoms with Gasteiger partial charge in [-0.15, -0.1) is 0 Å². The molecule has 0 unspecified atom stereocenters. The van der Waals surface area contributed by atoms with Crippen molar-refractivity contribution in [3.05, 3.63) is 57.3 Å². The van der Waals surface area contributed by atoms with Gasteiger partial charge in [0.25, 0.3) is 5.91 Å². The van der Waals surface area contributed by atoms with Crippen LogP contribution in [0.5, 0.6) is 5.75 Å². The van der Waals surface area contributed by atoms with E-state index in [1.807, 2.05) is 0 Å². The van der Waals surface area contributed by atoms with Crippen molar-refractivity contribution in [2.75, 3.05) is 0 Å². The summed E-state index contributed by atoms with van der Waals surface area (Å²) in [5.41, 5.74) is 3.11. The molecule has 0 saturated carbocycles. The Morgan fingerprint density at radius 1 is 1.40 bits per heavy atom. The highest BCUT2D eigenvalue weighted by molar-refractivity contribution is 9.10. The fourth-order valence-corrected chi connectivity index (χ4v) is 1.94. The Hall–Kier alpha value is -1.92. The molecule has 1 heterocycles. The van der Waals surface area contributed by atoms with Crippen molar-refractivity contribution in [3.63, 3.8) is 0 Å². The molecule has 20 heavy (non-hydrogen) atoms. The van der Waals surface area contributed by atoms with Gasteiger partial charge in [0, 0.05) is 27.5 Å². The monoisotopic (exact) mass is 353 g/mol. The van der Waals surface area contributed by atoms with E-state index in [4.69, 9.17) is 11.6 Å². The molecular weight excluding hydrogens is 346 g/mol. The average Bonchev–Trinajstić information content (AvgIpc) is 2.42. The van der Waals surface area contributed by atoms with Crippen LogP contribution < -0.4 is 5.43 Å². The van der Waals surface area contributed by atoms with E-state index in [2.05, 4.69) is 31.4 Å². The third-order valence-electron chi connectivity index (χ3n) is 2.33. The number of amides is 1. The van der Waals surface area contributed by atoms with Crippen molar-refractivity contribution in [1.82, 2.24) is 10.4 Å². The number of halogens is 2. The molecule has 102 valence electrons. The van der Waals surface area contributed by atoms with Gasteiger partial charge in [0.05, 0.1) is 11.8 Å². The number of benzene rings is 1. The van der Waals surface area contributed by atoms with Crippen LogP contribution in [0.2, 0.25) is 5.02 Å². The molecule has 2 aromatic rings. The molecule has 7 heteroatoms. The normalized spacial score (nSPS) is 10.7. The van der Waals surface area contributed by atoms with E-state index in [1.165, 1.54) is 24.5 Å². The lowest BCUT2D eigenvalue weighted by Crippen LogP contribution is -2.17. The van der Waals surface area contributed by atoms with Gasteiger partial charge in [0.2, 0.25) is 0 Å². The molecule has 1 amide bonds. The Kier molecular flexibility index (Phi) is 4.70. The maximum absolute atomic E-state index is 11.8. The lowest BCUT2D eigenvalue weighted by atomic mass is 10.2. The predicted octanol–water partition coefficient (Wildman–Crippen LogP) is 2.97. The fraction of sp³-hybridized carbons (Fsp3) is 0. The Morgan fingerprint density at radius 2 is 2.20 bits per heavy atom. The van der Waals surface area contributed by atoms with Gasteiger partial charge < -0.3 is 5.11 Å². The van der Waals surface area contributed by atoms with Gasteiger partial charge in [-0.3, -0.25) is 9.78 Å². The Bertz CT molecular complexity index is 676. The van der Waals surface area contributed by atoms with E-state index >= 15 is 0 Å².